The number of nitrogens with zero attached hydrogens (tertiary/aromatic N) is 2. The first-order valence-corrected chi connectivity index (χ1v) is 9.62. The molecule has 1 aromatic heterocycles. The van der Waals surface area contributed by atoms with Gasteiger partial charge in [0.2, 0.25) is 0 Å². The normalized spacial score (nSPS) is 11.5. The van der Waals surface area contributed by atoms with E-state index in [0.717, 1.165) is 15.4 Å². The van der Waals surface area contributed by atoms with Crippen LogP contribution in [0, 0.1) is 17.1 Å². The van der Waals surface area contributed by atoms with Gasteiger partial charge in [-0.2, -0.15) is 5.26 Å². The average Bonchev–Trinajstić information content (AvgIpc) is 3.12. The van der Waals surface area contributed by atoms with Crippen LogP contribution < -0.4 is 0 Å². The summed E-state index contributed by atoms with van der Waals surface area (Å²) >= 11 is 7.54. The van der Waals surface area contributed by atoms with Crippen molar-refractivity contribution >= 4 is 46.0 Å². The minimum atomic E-state index is -0.352. The van der Waals surface area contributed by atoms with Gasteiger partial charge in [0.25, 0.3) is 0 Å². The van der Waals surface area contributed by atoms with Crippen molar-refractivity contribution in [2.45, 2.75) is 9.79 Å². The van der Waals surface area contributed by atoms with Crippen LogP contribution in [0.2, 0.25) is 5.02 Å². The summed E-state index contributed by atoms with van der Waals surface area (Å²) in [6, 6.07) is 21.9. The van der Waals surface area contributed by atoms with Gasteiger partial charge < -0.3 is 4.98 Å². The SMILES string of the molecule is N#C/C(=C\c1ccccc1Sc1ccc(Cl)cc1)c1nc2ccc(F)cc2[nH]1. The summed E-state index contributed by atoms with van der Waals surface area (Å²) in [5.41, 5.74) is 2.44. The fourth-order valence-electron chi connectivity index (χ4n) is 2.74. The van der Waals surface area contributed by atoms with E-state index in [0.29, 0.717) is 27.5 Å². The van der Waals surface area contributed by atoms with Gasteiger partial charge in [-0.25, -0.2) is 9.37 Å². The fourth-order valence-corrected chi connectivity index (χ4v) is 3.78. The van der Waals surface area contributed by atoms with E-state index in [1.54, 1.807) is 23.9 Å². The number of hydrogen-bond acceptors (Lipinski definition) is 3. The highest BCUT2D eigenvalue weighted by Crippen LogP contribution is 2.33. The van der Waals surface area contributed by atoms with E-state index >= 15 is 0 Å². The van der Waals surface area contributed by atoms with E-state index < -0.39 is 0 Å². The number of nitriles is 1. The molecule has 0 saturated carbocycles. The summed E-state index contributed by atoms with van der Waals surface area (Å²) in [6.07, 6.45) is 1.78. The summed E-state index contributed by atoms with van der Waals surface area (Å²) in [6.45, 7) is 0. The Morgan fingerprint density at radius 2 is 1.89 bits per heavy atom. The molecule has 0 atom stereocenters. The number of halogens is 2. The van der Waals surface area contributed by atoms with Crippen LogP contribution in [0.3, 0.4) is 0 Å². The van der Waals surface area contributed by atoms with Crippen LogP contribution in [-0.2, 0) is 0 Å². The lowest BCUT2D eigenvalue weighted by atomic mass is 10.1. The Morgan fingerprint density at radius 3 is 2.68 bits per heavy atom. The summed E-state index contributed by atoms with van der Waals surface area (Å²) in [4.78, 5) is 9.47. The number of aromatic amines is 1. The molecule has 0 fully saturated rings. The van der Waals surface area contributed by atoms with E-state index in [1.807, 2.05) is 48.5 Å². The van der Waals surface area contributed by atoms with Crippen molar-refractivity contribution in [1.82, 2.24) is 9.97 Å². The molecule has 136 valence electrons. The maximum absolute atomic E-state index is 13.4. The molecule has 0 aliphatic heterocycles. The number of benzene rings is 3. The third-order valence-electron chi connectivity index (χ3n) is 4.08. The average molecular weight is 406 g/mol. The van der Waals surface area contributed by atoms with Crippen LogP contribution >= 0.6 is 23.4 Å². The van der Waals surface area contributed by atoms with Crippen molar-refractivity contribution in [1.29, 1.82) is 5.26 Å². The number of H-pyrrole nitrogens is 1. The lowest BCUT2D eigenvalue weighted by molar-refractivity contribution is 0.629. The molecule has 1 heterocycles. The Hall–Kier alpha value is -3.07. The molecule has 4 aromatic rings. The third-order valence-corrected chi connectivity index (χ3v) is 5.43. The quantitative estimate of drug-likeness (QED) is 0.390. The van der Waals surface area contributed by atoms with Crippen LogP contribution in [0.15, 0.2) is 76.5 Å². The topological polar surface area (TPSA) is 52.5 Å². The molecule has 4 rings (SSSR count). The van der Waals surface area contributed by atoms with Crippen molar-refractivity contribution in [3.05, 3.63) is 89.0 Å². The number of fused-ring (bicyclic) bond motifs is 1. The molecular formula is C22H13ClFN3S. The third kappa shape index (κ3) is 3.94. The Balaban J connectivity index is 1.71. The van der Waals surface area contributed by atoms with Crippen LogP contribution in [0.4, 0.5) is 4.39 Å². The molecule has 0 bridgehead atoms. The first-order chi connectivity index (χ1) is 13.6. The largest absolute Gasteiger partial charge is 0.337 e. The summed E-state index contributed by atoms with van der Waals surface area (Å²) in [5.74, 6) is 0.0595. The van der Waals surface area contributed by atoms with E-state index in [4.69, 9.17) is 11.6 Å². The van der Waals surface area contributed by atoms with E-state index in [2.05, 4.69) is 16.0 Å². The zero-order valence-corrected chi connectivity index (χ0v) is 16.1. The van der Waals surface area contributed by atoms with Gasteiger partial charge in [-0.1, -0.05) is 41.6 Å². The maximum Gasteiger partial charge on any atom is 0.149 e. The highest BCUT2D eigenvalue weighted by Gasteiger charge is 2.10. The zero-order valence-electron chi connectivity index (χ0n) is 14.5. The lowest BCUT2D eigenvalue weighted by Crippen LogP contribution is -1.86. The standard InChI is InChI=1S/C22H13ClFN3S/c23-16-5-8-18(9-6-16)28-21-4-2-1-3-14(21)11-15(13-25)22-26-19-10-7-17(24)12-20(19)27-22/h1-12H,(H,26,27)/b15-11+. The van der Waals surface area contributed by atoms with Gasteiger partial charge in [0.05, 0.1) is 16.6 Å². The Kier molecular flexibility index (Phi) is 5.16. The predicted molar refractivity (Wildman–Crippen MR) is 112 cm³/mol. The molecule has 3 nitrogen and oxygen atoms in total. The number of nitrogens with one attached hydrogen (secondary N) is 1. The first-order valence-electron chi connectivity index (χ1n) is 8.42. The van der Waals surface area contributed by atoms with Gasteiger partial charge >= 0.3 is 0 Å². The summed E-state index contributed by atoms with van der Waals surface area (Å²) in [5, 5.41) is 10.3. The molecule has 28 heavy (non-hydrogen) atoms. The molecule has 0 saturated heterocycles. The van der Waals surface area contributed by atoms with Crippen LogP contribution in [0.1, 0.15) is 11.4 Å². The van der Waals surface area contributed by atoms with Gasteiger partial charge in [0.1, 0.15) is 17.7 Å². The molecule has 0 spiro atoms. The van der Waals surface area contributed by atoms with Crippen molar-refractivity contribution in [2.75, 3.05) is 0 Å². The second kappa shape index (κ2) is 7.89. The molecule has 0 amide bonds. The van der Waals surface area contributed by atoms with Gasteiger partial charge in [-0.05, 0) is 60.2 Å². The van der Waals surface area contributed by atoms with Gasteiger partial charge in [-0.15, -0.1) is 0 Å². The van der Waals surface area contributed by atoms with E-state index in [9.17, 15) is 9.65 Å². The van der Waals surface area contributed by atoms with E-state index in [1.165, 1.54) is 12.1 Å². The molecule has 3 aromatic carbocycles. The highest BCUT2D eigenvalue weighted by atomic mass is 35.5. The predicted octanol–water partition coefficient (Wildman–Crippen LogP) is 6.57. The number of allylic oxidation sites excluding steroid dienone is 1. The van der Waals surface area contributed by atoms with Crippen LogP contribution in [0.25, 0.3) is 22.7 Å². The first kappa shape index (κ1) is 18.3. The van der Waals surface area contributed by atoms with Crippen molar-refractivity contribution in [2.24, 2.45) is 0 Å². The van der Waals surface area contributed by atoms with Gasteiger partial charge in [0, 0.05) is 14.8 Å². The minimum absolute atomic E-state index is 0.352. The van der Waals surface area contributed by atoms with Crippen LogP contribution in [0.5, 0.6) is 0 Å². The number of imidazole rings is 1. The van der Waals surface area contributed by atoms with Crippen molar-refractivity contribution < 1.29 is 4.39 Å². The molecule has 0 aliphatic carbocycles. The van der Waals surface area contributed by atoms with Gasteiger partial charge in [0.15, 0.2) is 0 Å². The lowest BCUT2D eigenvalue weighted by Gasteiger charge is -2.06. The minimum Gasteiger partial charge on any atom is -0.337 e. The number of hydrogen-bond donors (Lipinski definition) is 1. The molecular weight excluding hydrogens is 393 g/mol. The molecule has 0 radical (unpaired) electrons. The monoisotopic (exact) mass is 405 g/mol. The second-order valence-corrected chi connectivity index (χ2v) is 7.56. The molecule has 0 unspecified atom stereocenters. The smallest absolute Gasteiger partial charge is 0.149 e. The summed E-state index contributed by atoms with van der Waals surface area (Å²) < 4.78 is 13.4. The van der Waals surface area contributed by atoms with Crippen molar-refractivity contribution in [3.63, 3.8) is 0 Å². The molecule has 0 aliphatic rings. The Bertz CT molecular complexity index is 1220. The maximum atomic E-state index is 13.4. The van der Waals surface area contributed by atoms with E-state index in [-0.39, 0.29) is 5.82 Å². The molecule has 1 N–H and O–H groups in total. The zero-order chi connectivity index (χ0) is 19.5. The molecule has 6 heteroatoms. The fraction of sp³-hybridized carbons (Fsp3) is 0. The van der Waals surface area contributed by atoms with Crippen LogP contribution in [-0.4, -0.2) is 9.97 Å². The van der Waals surface area contributed by atoms with Gasteiger partial charge in [-0.3, -0.25) is 0 Å². The van der Waals surface area contributed by atoms with Crippen molar-refractivity contribution in [3.8, 4) is 6.07 Å². The second-order valence-electron chi connectivity index (χ2n) is 6.01. The Labute approximate surface area is 170 Å². The summed E-state index contributed by atoms with van der Waals surface area (Å²) in [7, 11) is 0. The Morgan fingerprint density at radius 1 is 1.11 bits per heavy atom. The highest BCUT2D eigenvalue weighted by molar-refractivity contribution is 7.99. The number of rotatable bonds is 4. The number of aromatic nitrogens is 2.